The molecule has 0 saturated carbocycles. The van der Waals surface area contributed by atoms with E-state index < -0.39 is 0 Å². The van der Waals surface area contributed by atoms with Crippen LogP contribution < -0.4 is 5.32 Å². The molecule has 0 rings (SSSR count). The Hall–Kier alpha value is -0.250. The van der Waals surface area contributed by atoms with Gasteiger partial charge < -0.3 is 10.1 Å². The number of hydrogen-bond acceptors (Lipinski definition) is 2. The zero-order valence-corrected chi connectivity index (χ0v) is 8.69. The third kappa shape index (κ3) is 7.65. The van der Waals surface area contributed by atoms with Crippen LogP contribution in [0.4, 0.5) is 4.79 Å². The van der Waals surface area contributed by atoms with Crippen LogP contribution in [0, 0.1) is 0 Å². The van der Waals surface area contributed by atoms with Gasteiger partial charge in [0.25, 0.3) is 0 Å². The average Bonchev–Trinajstić information content (AvgIpc) is 1.79. The lowest BCUT2D eigenvalue weighted by Gasteiger charge is -2.19. The van der Waals surface area contributed by atoms with Crippen molar-refractivity contribution in [3.63, 3.8) is 0 Å². The highest BCUT2D eigenvalue weighted by Crippen LogP contribution is 1.98. The van der Waals surface area contributed by atoms with Gasteiger partial charge in [-0.25, -0.2) is 4.79 Å². The first kappa shape index (κ1) is 10.8. The van der Waals surface area contributed by atoms with E-state index in [9.17, 15) is 4.79 Å². The van der Waals surface area contributed by atoms with Gasteiger partial charge in [-0.3, -0.25) is 0 Å². The number of hydrogen-bond donors (Lipinski definition) is 1. The number of ether oxygens (including phenoxy) is 1. The van der Waals surface area contributed by atoms with E-state index in [0.29, 0.717) is 11.9 Å². The van der Waals surface area contributed by atoms with E-state index in [1.807, 2.05) is 20.8 Å². The van der Waals surface area contributed by atoms with Crippen molar-refractivity contribution in [3.8, 4) is 0 Å². The number of amides is 1. The maximum absolute atomic E-state index is 10.9. The molecular formula is C7H14BrNO2. The lowest BCUT2D eigenvalue weighted by atomic mass is 10.1. The summed E-state index contributed by atoms with van der Waals surface area (Å²) >= 11 is 3.15. The molecule has 3 nitrogen and oxygen atoms in total. The quantitative estimate of drug-likeness (QED) is 0.727. The highest BCUT2D eigenvalue weighted by molar-refractivity contribution is 9.09. The number of halogens is 1. The van der Waals surface area contributed by atoms with Gasteiger partial charge in [-0.2, -0.15) is 0 Å². The topological polar surface area (TPSA) is 38.3 Å². The molecule has 0 aliphatic heterocycles. The molecule has 66 valence electrons. The highest BCUT2D eigenvalue weighted by Gasteiger charge is 2.13. The third-order valence-corrected chi connectivity index (χ3v) is 1.11. The lowest BCUT2D eigenvalue weighted by Crippen LogP contribution is -2.41. The number of rotatable bonds is 2. The summed E-state index contributed by atoms with van der Waals surface area (Å²) in [4.78, 5) is 10.9. The molecule has 0 aliphatic rings. The molecule has 1 N–H and O–H groups in total. The van der Waals surface area contributed by atoms with Crippen molar-refractivity contribution in [3.05, 3.63) is 0 Å². The minimum absolute atomic E-state index is 0.219. The molecule has 0 spiro atoms. The second-order valence-electron chi connectivity index (χ2n) is 3.20. The Labute approximate surface area is 75.6 Å². The summed E-state index contributed by atoms with van der Waals surface area (Å²) < 4.78 is 4.77. The van der Waals surface area contributed by atoms with Crippen LogP contribution in [0.2, 0.25) is 0 Å². The molecule has 0 bridgehead atoms. The second-order valence-corrected chi connectivity index (χ2v) is 3.99. The SMILES string of the molecule is CC(C)(C)NC(=O)OCCBr. The molecular weight excluding hydrogens is 210 g/mol. The highest BCUT2D eigenvalue weighted by atomic mass is 79.9. The first-order chi connectivity index (χ1) is 4.95. The second kappa shape index (κ2) is 4.59. The summed E-state index contributed by atoms with van der Waals surface area (Å²) in [6, 6.07) is 0. The van der Waals surface area contributed by atoms with E-state index in [1.54, 1.807) is 0 Å². The van der Waals surface area contributed by atoms with Gasteiger partial charge in [0, 0.05) is 10.9 Å². The Morgan fingerprint density at radius 2 is 2.09 bits per heavy atom. The number of carbonyl (C=O) groups is 1. The van der Waals surface area contributed by atoms with E-state index in [-0.39, 0.29) is 11.6 Å². The van der Waals surface area contributed by atoms with Crippen molar-refractivity contribution < 1.29 is 9.53 Å². The molecule has 0 unspecified atom stereocenters. The van der Waals surface area contributed by atoms with E-state index >= 15 is 0 Å². The van der Waals surface area contributed by atoms with Crippen molar-refractivity contribution in [2.75, 3.05) is 11.9 Å². The summed E-state index contributed by atoms with van der Waals surface area (Å²) in [5, 5.41) is 3.34. The maximum Gasteiger partial charge on any atom is 0.407 e. The summed E-state index contributed by atoms with van der Waals surface area (Å²) in [5.74, 6) is 0. The monoisotopic (exact) mass is 223 g/mol. The maximum atomic E-state index is 10.9. The van der Waals surface area contributed by atoms with Crippen LogP contribution in [-0.2, 0) is 4.74 Å². The van der Waals surface area contributed by atoms with E-state index in [1.165, 1.54) is 0 Å². The van der Waals surface area contributed by atoms with E-state index in [4.69, 9.17) is 4.74 Å². The van der Waals surface area contributed by atoms with Crippen LogP contribution in [0.15, 0.2) is 0 Å². The van der Waals surface area contributed by atoms with Gasteiger partial charge in [-0.1, -0.05) is 15.9 Å². The fraction of sp³-hybridized carbons (Fsp3) is 0.857. The van der Waals surface area contributed by atoms with Gasteiger partial charge in [-0.15, -0.1) is 0 Å². The van der Waals surface area contributed by atoms with Gasteiger partial charge >= 0.3 is 6.09 Å². The van der Waals surface area contributed by atoms with Gasteiger partial charge in [0.2, 0.25) is 0 Å². The smallest absolute Gasteiger partial charge is 0.407 e. The Morgan fingerprint density at radius 3 is 2.45 bits per heavy atom. The summed E-state index contributed by atoms with van der Waals surface area (Å²) in [6.45, 7) is 6.12. The largest absolute Gasteiger partial charge is 0.449 e. The minimum Gasteiger partial charge on any atom is -0.449 e. The van der Waals surface area contributed by atoms with Gasteiger partial charge in [0.1, 0.15) is 6.61 Å². The molecule has 0 atom stereocenters. The molecule has 0 saturated heterocycles. The van der Waals surface area contributed by atoms with Crippen molar-refractivity contribution in [2.45, 2.75) is 26.3 Å². The standard InChI is InChI=1S/C7H14BrNO2/c1-7(2,3)9-6(10)11-5-4-8/h4-5H2,1-3H3,(H,9,10). The summed E-state index contributed by atoms with van der Waals surface area (Å²) in [6.07, 6.45) is -0.364. The van der Waals surface area contributed by atoms with Crippen molar-refractivity contribution >= 4 is 22.0 Å². The van der Waals surface area contributed by atoms with Crippen LogP contribution in [0.25, 0.3) is 0 Å². The molecule has 0 aromatic rings. The first-order valence-electron chi connectivity index (χ1n) is 3.46. The minimum atomic E-state index is -0.364. The van der Waals surface area contributed by atoms with Crippen LogP contribution in [0.1, 0.15) is 20.8 Å². The number of nitrogens with one attached hydrogen (secondary N) is 1. The van der Waals surface area contributed by atoms with Crippen LogP contribution in [-0.4, -0.2) is 23.6 Å². The average molecular weight is 224 g/mol. The molecule has 0 aromatic carbocycles. The van der Waals surface area contributed by atoms with Crippen LogP contribution in [0.5, 0.6) is 0 Å². The molecule has 4 heteroatoms. The van der Waals surface area contributed by atoms with E-state index in [0.717, 1.165) is 0 Å². The fourth-order valence-electron chi connectivity index (χ4n) is 0.474. The van der Waals surface area contributed by atoms with Crippen LogP contribution in [0.3, 0.4) is 0 Å². The number of alkyl carbamates (subject to hydrolysis) is 1. The Kier molecular flexibility index (Phi) is 4.49. The summed E-state index contributed by atoms with van der Waals surface area (Å²) in [5.41, 5.74) is -0.219. The van der Waals surface area contributed by atoms with Gasteiger partial charge in [0.15, 0.2) is 0 Å². The lowest BCUT2D eigenvalue weighted by molar-refractivity contribution is 0.144. The van der Waals surface area contributed by atoms with Crippen molar-refractivity contribution in [2.24, 2.45) is 0 Å². The Balaban J connectivity index is 3.53. The van der Waals surface area contributed by atoms with Crippen LogP contribution >= 0.6 is 15.9 Å². The molecule has 0 heterocycles. The predicted octanol–water partition coefficient (Wildman–Crippen LogP) is 1.91. The van der Waals surface area contributed by atoms with E-state index in [2.05, 4.69) is 21.2 Å². The predicted molar refractivity (Wildman–Crippen MR) is 48.0 cm³/mol. The first-order valence-corrected chi connectivity index (χ1v) is 4.59. The summed E-state index contributed by atoms with van der Waals surface area (Å²) in [7, 11) is 0. The molecule has 0 fully saturated rings. The third-order valence-electron chi connectivity index (χ3n) is 0.787. The van der Waals surface area contributed by atoms with Gasteiger partial charge in [-0.05, 0) is 20.8 Å². The molecule has 0 aromatic heterocycles. The fourth-order valence-corrected chi connectivity index (χ4v) is 0.635. The Morgan fingerprint density at radius 1 is 1.55 bits per heavy atom. The zero-order chi connectivity index (χ0) is 8.91. The Bertz CT molecular complexity index is 131. The van der Waals surface area contributed by atoms with Gasteiger partial charge in [0.05, 0.1) is 0 Å². The van der Waals surface area contributed by atoms with Crippen molar-refractivity contribution in [1.29, 1.82) is 0 Å². The molecule has 11 heavy (non-hydrogen) atoms. The zero-order valence-electron chi connectivity index (χ0n) is 7.11. The molecule has 0 radical (unpaired) electrons. The van der Waals surface area contributed by atoms with Crippen molar-refractivity contribution in [1.82, 2.24) is 5.32 Å². The molecule has 1 amide bonds. The normalized spacial score (nSPS) is 10.9. The number of carbonyl (C=O) groups excluding carboxylic acids is 1. The number of alkyl halides is 1. The molecule has 0 aliphatic carbocycles.